The average Bonchev–Trinajstić information content (AvgIpc) is 2.79. The molecule has 0 radical (unpaired) electrons. The van der Waals surface area contributed by atoms with Gasteiger partial charge in [-0.05, 0) is 35.9 Å². The summed E-state index contributed by atoms with van der Waals surface area (Å²) in [6, 6.07) is 12.8. The van der Waals surface area contributed by atoms with Gasteiger partial charge in [0.2, 0.25) is 15.9 Å². The van der Waals surface area contributed by atoms with E-state index in [0.717, 1.165) is 30.2 Å². The van der Waals surface area contributed by atoms with Crippen molar-refractivity contribution in [2.24, 2.45) is 0 Å². The lowest BCUT2D eigenvalue weighted by Crippen LogP contribution is -2.38. The number of thioether (sulfide) groups is 1. The number of nitrogens with one attached hydrogen (secondary N) is 2. The van der Waals surface area contributed by atoms with Crippen LogP contribution in [0.15, 0.2) is 53.4 Å². The van der Waals surface area contributed by atoms with Crippen LogP contribution < -0.4 is 10.0 Å². The fraction of sp³-hybridized carbons (Fsp3) is 0.273. The van der Waals surface area contributed by atoms with Crippen molar-refractivity contribution in [1.82, 2.24) is 9.62 Å². The van der Waals surface area contributed by atoms with Gasteiger partial charge in [0.05, 0.1) is 17.9 Å². The summed E-state index contributed by atoms with van der Waals surface area (Å²) in [7, 11) is -3.79. The summed E-state index contributed by atoms with van der Waals surface area (Å²) in [6.45, 7) is 1.43. The molecule has 0 saturated carbocycles. The molecule has 31 heavy (non-hydrogen) atoms. The second kappa shape index (κ2) is 10.5. The molecule has 3 rings (SSSR count). The topological polar surface area (TPSA) is 95.6 Å². The number of nitrogens with zero attached hydrogens (tertiary/aromatic N) is 1. The maximum Gasteiger partial charge on any atom is 0.255 e. The molecule has 162 valence electrons. The van der Waals surface area contributed by atoms with Crippen LogP contribution in [0.5, 0.6) is 0 Å². The molecular weight excluding hydrogens is 434 g/mol. The van der Waals surface area contributed by atoms with Gasteiger partial charge in [0, 0.05) is 35.8 Å². The van der Waals surface area contributed by atoms with Crippen molar-refractivity contribution in [2.45, 2.75) is 11.3 Å². The Kier molecular flexibility index (Phi) is 7.74. The Hall–Kier alpha value is -2.80. The number of carbonyl (C=O) groups excluding carboxylic acids is 2. The van der Waals surface area contributed by atoms with E-state index in [2.05, 4.69) is 16.0 Å². The molecule has 0 atom stereocenters. The summed E-state index contributed by atoms with van der Waals surface area (Å²) < 4.78 is 26.6. The standard InChI is InChI=1S/C22H23N3O4S2/c1-2-10-23-31(28,29)20-5-3-4-18(16-20)22(27)24-19-8-6-17(7-9-19)15-21(26)25-11-13-30-14-12-25/h1,3-9,16,23H,10-15H2,(H,24,27). The predicted molar refractivity (Wildman–Crippen MR) is 122 cm³/mol. The van der Waals surface area contributed by atoms with E-state index < -0.39 is 15.9 Å². The third kappa shape index (κ3) is 6.34. The van der Waals surface area contributed by atoms with E-state index in [4.69, 9.17) is 6.42 Å². The van der Waals surface area contributed by atoms with Crippen molar-refractivity contribution >= 4 is 39.3 Å². The first-order chi connectivity index (χ1) is 14.9. The van der Waals surface area contributed by atoms with Gasteiger partial charge in [0.25, 0.3) is 5.91 Å². The zero-order valence-corrected chi connectivity index (χ0v) is 18.5. The van der Waals surface area contributed by atoms with Gasteiger partial charge in [-0.1, -0.05) is 24.1 Å². The number of terminal acetylenes is 1. The van der Waals surface area contributed by atoms with Crippen molar-refractivity contribution in [2.75, 3.05) is 36.5 Å². The SMILES string of the molecule is C#CCNS(=O)(=O)c1cccc(C(=O)Nc2ccc(CC(=O)N3CCSCC3)cc2)c1. The van der Waals surface area contributed by atoms with Crippen LogP contribution >= 0.6 is 11.8 Å². The molecule has 0 unspecified atom stereocenters. The highest BCUT2D eigenvalue weighted by Gasteiger charge is 2.18. The number of benzene rings is 2. The van der Waals surface area contributed by atoms with Gasteiger partial charge in [-0.2, -0.15) is 16.5 Å². The first kappa shape index (κ1) is 22.9. The van der Waals surface area contributed by atoms with E-state index >= 15 is 0 Å². The zero-order valence-electron chi connectivity index (χ0n) is 16.8. The molecule has 1 saturated heterocycles. The lowest BCUT2D eigenvalue weighted by Gasteiger charge is -2.26. The first-order valence-electron chi connectivity index (χ1n) is 9.68. The molecule has 2 N–H and O–H groups in total. The van der Waals surface area contributed by atoms with Crippen LogP contribution in [0.2, 0.25) is 0 Å². The Labute approximate surface area is 186 Å². The summed E-state index contributed by atoms with van der Waals surface area (Å²) in [4.78, 5) is 26.8. The lowest BCUT2D eigenvalue weighted by atomic mass is 10.1. The van der Waals surface area contributed by atoms with Crippen LogP contribution in [-0.4, -0.2) is 56.3 Å². The van der Waals surface area contributed by atoms with Crippen LogP contribution in [0, 0.1) is 12.3 Å². The minimum atomic E-state index is -3.79. The normalized spacial score (nSPS) is 14.0. The van der Waals surface area contributed by atoms with E-state index in [1.807, 2.05) is 16.7 Å². The molecule has 2 amide bonds. The number of sulfonamides is 1. The van der Waals surface area contributed by atoms with Crippen LogP contribution in [-0.2, 0) is 21.2 Å². The minimum absolute atomic E-state index is 0.0413. The molecule has 7 nitrogen and oxygen atoms in total. The molecule has 0 aromatic heterocycles. The highest BCUT2D eigenvalue weighted by Crippen LogP contribution is 2.16. The van der Waals surface area contributed by atoms with Gasteiger partial charge in [-0.25, -0.2) is 8.42 Å². The average molecular weight is 458 g/mol. The maximum atomic E-state index is 12.6. The van der Waals surface area contributed by atoms with Gasteiger partial charge in [0.15, 0.2) is 0 Å². The molecule has 1 aliphatic rings. The maximum absolute atomic E-state index is 12.6. The molecule has 2 aromatic carbocycles. The van der Waals surface area contributed by atoms with Crippen molar-refractivity contribution in [3.8, 4) is 12.3 Å². The minimum Gasteiger partial charge on any atom is -0.341 e. The summed E-state index contributed by atoms with van der Waals surface area (Å²) in [5.41, 5.74) is 1.62. The van der Waals surface area contributed by atoms with E-state index in [-0.39, 0.29) is 22.9 Å². The van der Waals surface area contributed by atoms with Gasteiger partial charge in [-0.3, -0.25) is 9.59 Å². The Morgan fingerprint density at radius 2 is 1.81 bits per heavy atom. The van der Waals surface area contributed by atoms with Crippen molar-refractivity contribution < 1.29 is 18.0 Å². The number of anilines is 1. The molecule has 1 fully saturated rings. The third-order valence-corrected chi connectivity index (χ3v) is 7.04. The largest absolute Gasteiger partial charge is 0.341 e. The Morgan fingerprint density at radius 1 is 1.10 bits per heavy atom. The molecule has 1 aliphatic heterocycles. The molecule has 0 bridgehead atoms. The summed E-state index contributed by atoms with van der Waals surface area (Å²) in [6.07, 6.45) is 5.41. The third-order valence-electron chi connectivity index (χ3n) is 4.70. The summed E-state index contributed by atoms with van der Waals surface area (Å²) in [5, 5.41) is 2.74. The van der Waals surface area contributed by atoms with Crippen LogP contribution in [0.3, 0.4) is 0 Å². The highest BCUT2D eigenvalue weighted by molar-refractivity contribution is 7.99. The molecular formula is C22H23N3O4S2. The number of rotatable bonds is 7. The summed E-state index contributed by atoms with van der Waals surface area (Å²) in [5.74, 6) is 3.81. The first-order valence-corrected chi connectivity index (χ1v) is 12.3. The van der Waals surface area contributed by atoms with E-state index in [1.54, 1.807) is 24.3 Å². The van der Waals surface area contributed by atoms with E-state index in [0.29, 0.717) is 12.1 Å². The number of carbonyl (C=O) groups is 2. The second-order valence-electron chi connectivity index (χ2n) is 6.88. The molecule has 2 aromatic rings. The highest BCUT2D eigenvalue weighted by atomic mass is 32.2. The number of amides is 2. The van der Waals surface area contributed by atoms with Gasteiger partial charge in [-0.15, -0.1) is 6.42 Å². The predicted octanol–water partition coefficient (Wildman–Crippen LogP) is 1.97. The smallest absolute Gasteiger partial charge is 0.255 e. The Morgan fingerprint density at radius 3 is 2.48 bits per heavy atom. The van der Waals surface area contributed by atoms with Crippen LogP contribution in [0.1, 0.15) is 15.9 Å². The van der Waals surface area contributed by atoms with Crippen molar-refractivity contribution in [3.05, 3.63) is 59.7 Å². The van der Waals surface area contributed by atoms with Gasteiger partial charge in [0.1, 0.15) is 0 Å². The molecule has 9 heteroatoms. The lowest BCUT2D eigenvalue weighted by molar-refractivity contribution is -0.130. The van der Waals surface area contributed by atoms with Crippen LogP contribution in [0.4, 0.5) is 5.69 Å². The van der Waals surface area contributed by atoms with Crippen LogP contribution in [0.25, 0.3) is 0 Å². The monoisotopic (exact) mass is 457 g/mol. The molecule has 1 heterocycles. The number of hydrogen-bond acceptors (Lipinski definition) is 5. The quantitative estimate of drug-likeness (QED) is 0.620. The molecule has 0 spiro atoms. The van der Waals surface area contributed by atoms with Crippen molar-refractivity contribution in [3.63, 3.8) is 0 Å². The van der Waals surface area contributed by atoms with Gasteiger partial charge >= 0.3 is 0 Å². The van der Waals surface area contributed by atoms with Gasteiger partial charge < -0.3 is 10.2 Å². The van der Waals surface area contributed by atoms with Crippen molar-refractivity contribution in [1.29, 1.82) is 0 Å². The Balaban J connectivity index is 1.62. The van der Waals surface area contributed by atoms with E-state index in [1.165, 1.54) is 24.3 Å². The Bertz CT molecular complexity index is 1090. The second-order valence-corrected chi connectivity index (χ2v) is 9.87. The fourth-order valence-electron chi connectivity index (χ4n) is 3.03. The number of hydrogen-bond donors (Lipinski definition) is 2. The van der Waals surface area contributed by atoms with E-state index in [9.17, 15) is 18.0 Å². The fourth-order valence-corrected chi connectivity index (χ4v) is 4.92. The zero-order chi connectivity index (χ0) is 22.3. The molecule has 0 aliphatic carbocycles. The summed E-state index contributed by atoms with van der Waals surface area (Å²) >= 11 is 1.85.